The van der Waals surface area contributed by atoms with Crippen molar-refractivity contribution in [2.45, 2.75) is 57.7 Å². The molecule has 2 aliphatic rings. The minimum Gasteiger partial charge on any atom is -0.379 e. The van der Waals surface area contributed by atoms with Gasteiger partial charge < -0.3 is 14.2 Å². The summed E-state index contributed by atoms with van der Waals surface area (Å²) in [5, 5.41) is 0. The Morgan fingerprint density at radius 3 is 2.56 bits per heavy atom. The van der Waals surface area contributed by atoms with Gasteiger partial charge in [-0.2, -0.15) is 0 Å². The lowest BCUT2D eigenvalue weighted by Crippen LogP contribution is -2.47. The molecule has 2 fully saturated rings. The standard InChI is InChI=1S/C15H28O3/c1-4-11-5-7-13-12(9-11)6-8-14(17-3)15(13)18-10-16-2/h11-15H,4-10H2,1-3H3. The summed E-state index contributed by atoms with van der Waals surface area (Å²) in [6.07, 6.45) is 8.35. The first-order valence-electron chi connectivity index (χ1n) is 7.43. The Balaban J connectivity index is 1.99. The smallest absolute Gasteiger partial charge is 0.146 e. The van der Waals surface area contributed by atoms with Crippen LogP contribution in [0, 0.1) is 17.8 Å². The Morgan fingerprint density at radius 2 is 1.89 bits per heavy atom. The highest BCUT2D eigenvalue weighted by atomic mass is 16.7. The third-order valence-electron chi connectivity index (χ3n) is 5.02. The highest BCUT2D eigenvalue weighted by molar-refractivity contribution is 4.92. The average Bonchev–Trinajstić information content (AvgIpc) is 2.43. The molecule has 0 amide bonds. The SMILES string of the molecule is CCC1CCC2C(CCC(OC)C2OCOC)C1. The van der Waals surface area contributed by atoms with E-state index in [-0.39, 0.29) is 12.2 Å². The molecule has 0 aliphatic heterocycles. The Bertz CT molecular complexity index is 244. The third kappa shape index (κ3) is 3.06. The molecule has 0 heterocycles. The van der Waals surface area contributed by atoms with E-state index in [0.29, 0.717) is 12.7 Å². The second kappa shape index (κ2) is 6.88. The number of ether oxygens (including phenoxy) is 3. The van der Waals surface area contributed by atoms with Gasteiger partial charge in [0.15, 0.2) is 0 Å². The summed E-state index contributed by atoms with van der Waals surface area (Å²) >= 11 is 0. The molecule has 0 spiro atoms. The van der Waals surface area contributed by atoms with Gasteiger partial charge in [-0.25, -0.2) is 0 Å². The Morgan fingerprint density at radius 1 is 1.06 bits per heavy atom. The molecular weight excluding hydrogens is 228 g/mol. The molecule has 5 unspecified atom stereocenters. The van der Waals surface area contributed by atoms with Crippen molar-refractivity contribution in [3.63, 3.8) is 0 Å². The zero-order chi connectivity index (χ0) is 13.0. The van der Waals surface area contributed by atoms with Crippen LogP contribution in [0.25, 0.3) is 0 Å². The molecule has 0 aromatic carbocycles. The van der Waals surface area contributed by atoms with Crippen LogP contribution in [0.4, 0.5) is 0 Å². The van der Waals surface area contributed by atoms with Crippen LogP contribution in [0.3, 0.4) is 0 Å². The van der Waals surface area contributed by atoms with Crippen LogP contribution in [0.2, 0.25) is 0 Å². The Labute approximate surface area is 111 Å². The lowest BCUT2D eigenvalue weighted by molar-refractivity contribution is -0.172. The van der Waals surface area contributed by atoms with Gasteiger partial charge in [-0.3, -0.25) is 0 Å². The summed E-state index contributed by atoms with van der Waals surface area (Å²) in [6, 6.07) is 0. The Kier molecular flexibility index (Phi) is 5.46. The fourth-order valence-corrected chi connectivity index (χ4v) is 3.97. The van der Waals surface area contributed by atoms with E-state index >= 15 is 0 Å². The summed E-state index contributed by atoms with van der Waals surface area (Å²) < 4.78 is 16.6. The van der Waals surface area contributed by atoms with Gasteiger partial charge >= 0.3 is 0 Å². The summed E-state index contributed by atoms with van der Waals surface area (Å²) in [5.41, 5.74) is 0. The third-order valence-corrected chi connectivity index (χ3v) is 5.02. The van der Waals surface area contributed by atoms with Crippen molar-refractivity contribution in [3.05, 3.63) is 0 Å². The van der Waals surface area contributed by atoms with Crippen molar-refractivity contribution in [2.24, 2.45) is 17.8 Å². The molecule has 5 atom stereocenters. The summed E-state index contributed by atoms with van der Waals surface area (Å²) in [7, 11) is 3.50. The van der Waals surface area contributed by atoms with E-state index in [1.165, 1.54) is 32.1 Å². The predicted octanol–water partition coefficient (Wildman–Crippen LogP) is 3.23. The lowest BCUT2D eigenvalue weighted by Gasteiger charge is -2.46. The van der Waals surface area contributed by atoms with Crippen LogP contribution in [0.5, 0.6) is 0 Å². The Hall–Kier alpha value is -0.120. The highest BCUT2D eigenvalue weighted by Gasteiger charge is 2.43. The van der Waals surface area contributed by atoms with Gasteiger partial charge in [0.25, 0.3) is 0 Å². The number of hydrogen-bond donors (Lipinski definition) is 0. The van der Waals surface area contributed by atoms with E-state index in [9.17, 15) is 0 Å². The average molecular weight is 256 g/mol. The molecule has 3 heteroatoms. The van der Waals surface area contributed by atoms with Crippen molar-refractivity contribution in [2.75, 3.05) is 21.0 Å². The van der Waals surface area contributed by atoms with E-state index in [0.717, 1.165) is 18.3 Å². The summed E-state index contributed by atoms with van der Waals surface area (Å²) in [5.74, 6) is 2.46. The predicted molar refractivity (Wildman–Crippen MR) is 71.4 cm³/mol. The molecule has 2 aliphatic carbocycles. The van der Waals surface area contributed by atoms with Crippen LogP contribution >= 0.6 is 0 Å². The summed E-state index contributed by atoms with van der Waals surface area (Å²) in [6.45, 7) is 2.72. The summed E-state index contributed by atoms with van der Waals surface area (Å²) in [4.78, 5) is 0. The van der Waals surface area contributed by atoms with Crippen molar-refractivity contribution in [1.29, 1.82) is 0 Å². The van der Waals surface area contributed by atoms with Gasteiger partial charge in [-0.15, -0.1) is 0 Å². The van der Waals surface area contributed by atoms with E-state index in [4.69, 9.17) is 14.2 Å². The zero-order valence-electron chi connectivity index (χ0n) is 12.1. The molecule has 0 saturated heterocycles. The first-order valence-corrected chi connectivity index (χ1v) is 7.43. The molecule has 2 saturated carbocycles. The largest absolute Gasteiger partial charge is 0.379 e. The quantitative estimate of drug-likeness (QED) is 0.707. The molecule has 0 bridgehead atoms. The normalized spacial score (nSPS) is 40.5. The van der Waals surface area contributed by atoms with Crippen LogP contribution in [0.1, 0.15) is 45.4 Å². The first-order chi connectivity index (χ1) is 8.80. The van der Waals surface area contributed by atoms with E-state index in [2.05, 4.69) is 6.92 Å². The van der Waals surface area contributed by atoms with Crippen LogP contribution in [0.15, 0.2) is 0 Å². The minimum atomic E-state index is 0.242. The van der Waals surface area contributed by atoms with Crippen molar-refractivity contribution >= 4 is 0 Å². The van der Waals surface area contributed by atoms with Crippen molar-refractivity contribution in [1.82, 2.24) is 0 Å². The molecular formula is C15H28O3. The second-order valence-electron chi connectivity index (χ2n) is 5.90. The van der Waals surface area contributed by atoms with Crippen molar-refractivity contribution in [3.8, 4) is 0 Å². The van der Waals surface area contributed by atoms with Gasteiger partial charge in [-0.05, 0) is 43.4 Å². The molecule has 0 radical (unpaired) electrons. The molecule has 2 rings (SSSR count). The van der Waals surface area contributed by atoms with Crippen LogP contribution in [-0.4, -0.2) is 33.2 Å². The molecule has 106 valence electrons. The first kappa shape index (κ1) is 14.3. The minimum absolute atomic E-state index is 0.242. The molecule has 0 aromatic rings. The monoisotopic (exact) mass is 256 g/mol. The van der Waals surface area contributed by atoms with Gasteiger partial charge in [-0.1, -0.05) is 19.8 Å². The van der Waals surface area contributed by atoms with Crippen LogP contribution in [-0.2, 0) is 14.2 Å². The van der Waals surface area contributed by atoms with Crippen molar-refractivity contribution < 1.29 is 14.2 Å². The fourth-order valence-electron chi connectivity index (χ4n) is 3.97. The number of rotatable bonds is 5. The van der Waals surface area contributed by atoms with Gasteiger partial charge in [0.2, 0.25) is 0 Å². The lowest BCUT2D eigenvalue weighted by atomic mass is 9.65. The van der Waals surface area contributed by atoms with E-state index in [1.807, 2.05) is 7.11 Å². The van der Waals surface area contributed by atoms with E-state index < -0.39 is 0 Å². The van der Waals surface area contributed by atoms with Gasteiger partial charge in [0, 0.05) is 14.2 Å². The molecule has 0 aromatic heterocycles. The molecule has 3 nitrogen and oxygen atoms in total. The zero-order valence-corrected chi connectivity index (χ0v) is 12.1. The second-order valence-corrected chi connectivity index (χ2v) is 5.90. The maximum atomic E-state index is 5.93. The molecule has 18 heavy (non-hydrogen) atoms. The maximum absolute atomic E-state index is 5.93. The number of hydrogen-bond acceptors (Lipinski definition) is 3. The number of fused-ring (bicyclic) bond motifs is 1. The number of methoxy groups -OCH3 is 2. The fraction of sp³-hybridized carbons (Fsp3) is 1.00. The van der Waals surface area contributed by atoms with E-state index in [1.54, 1.807) is 7.11 Å². The topological polar surface area (TPSA) is 27.7 Å². The maximum Gasteiger partial charge on any atom is 0.146 e. The van der Waals surface area contributed by atoms with Gasteiger partial charge in [0.05, 0.1) is 12.2 Å². The highest BCUT2D eigenvalue weighted by Crippen LogP contribution is 2.45. The molecule has 0 N–H and O–H groups in total. The van der Waals surface area contributed by atoms with Gasteiger partial charge in [0.1, 0.15) is 6.79 Å². The van der Waals surface area contributed by atoms with Crippen LogP contribution < -0.4 is 0 Å².